The maximum absolute atomic E-state index is 9.79. The predicted octanol–water partition coefficient (Wildman–Crippen LogP) is 2.78. The number of hydrogen-bond donors (Lipinski definition) is 1. The predicted molar refractivity (Wildman–Crippen MR) is 66.1 cm³/mol. The van der Waals surface area contributed by atoms with Gasteiger partial charge in [-0.2, -0.15) is 0 Å². The zero-order chi connectivity index (χ0) is 11.8. The molecule has 0 amide bonds. The average molecular weight is 220 g/mol. The van der Waals surface area contributed by atoms with Gasteiger partial charge in [0.15, 0.2) is 0 Å². The van der Waals surface area contributed by atoms with Gasteiger partial charge in [0.05, 0.1) is 19.3 Å². The molecule has 88 valence electrons. The topological polar surface area (TPSA) is 29.5 Å². The number of aliphatic hydroxyl groups is 1. The minimum absolute atomic E-state index is 0.121. The summed E-state index contributed by atoms with van der Waals surface area (Å²) in [6.45, 7) is 6.65. The van der Waals surface area contributed by atoms with Crippen LogP contribution in [0.4, 0.5) is 0 Å². The minimum Gasteiger partial charge on any atom is -0.390 e. The molecule has 0 aliphatic carbocycles. The smallest absolute Gasteiger partial charge is 0.0836 e. The Morgan fingerprint density at radius 3 is 2.62 bits per heavy atom. The molecule has 0 heterocycles. The van der Waals surface area contributed by atoms with E-state index in [2.05, 4.69) is 6.58 Å². The molecule has 0 radical (unpaired) electrons. The summed E-state index contributed by atoms with van der Waals surface area (Å²) in [5.41, 5.74) is 1.13. The highest BCUT2D eigenvalue weighted by Crippen LogP contribution is 2.11. The molecule has 0 bridgehead atoms. The van der Waals surface area contributed by atoms with Crippen molar-refractivity contribution >= 4 is 0 Å². The first-order valence-corrected chi connectivity index (χ1v) is 5.70. The molecule has 0 saturated heterocycles. The van der Waals surface area contributed by atoms with Crippen molar-refractivity contribution in [3.63, 3.8) is 0 Å². The Kier molecular flexibility index (Phi) is 5.83. The maximum Gasteiger partial charge on any atom is 0.0836 e. The molecule has 0 unspecified atom stereocenters. The number of ether oxygens (including phenoxy) is 1. The lowest BCUT2D eigenvalue weighted by Crippen LogP contribution is -2.23. The number of rotatable bonds is 7. The van der Waals surface area contributed by atoms with Crippen LogP contribution in [0.25, 0.3) is 0 Å². The Bertz CT molecular complexity index is 295. The fraction of sp³-hybridized carbons (Fsp3) is 0.429. The molecule has 1 aromatic carbocycles. The van der Waals surface area contributed by atoms with Crippen LogP contribution < -0.4 is 0 Å². The molecule has 2 nitrogen and oxygen atoms in total. The molecule has 16 heavy (non-hydrogen) atoms. The van der Waals surface area contributed by atoms with Crippen molar-refractivity contribution < 1.29 is 9.84 Å². The largest absolute Gasteiger partial charge is 0.390 e. The van der Waals surface area contributed by atoms with Crippen LogP contribution in [0.15, 0.2) is 43.0 Å². The van der Waals surface area contributed by atoms with E-state index in [1.54, 1.807) is 6.08 Å². The summed E-state index contributed by atoms with van der Waals surface area (Å²) in [6.07, 6.45) is 2.22. The van der Waals surface area contributed by atoms with Gasteiger partial charge in [-0.3, -0.25) is 0 Å². The third-order valence-corrected chi connectivity index (χ3v) is 2.67. The van der Waals surface area contributed by atoms with E-state index in [1.165, 1.54) is 0 Å². The third kappa shape index (κ3) is 4.17. The summed E-state index contributed by atoms with van der Waals surface area (Å²) in [6, 6.07) is 9.96. The first kappa shape index (κ1) is 12.9. The van der Waals surface area contributed by atoms with Gasteiger partial charge in [0, 0.05) is 5.92 Å². The second kappa shape index (κ2) is 7.20. The summed E-state index contributed by atoms with van der Waals surface area (Å²) in [4.78, 5) is 0. The SMILES string of the molecule is C=C[C@@H](CC)[C@H](O)COCc1ccccc1. The van der Waals surface area contributed by atoms with Crippen LogP contribution in [0.2, 0.25) is 0 Å². The Morgan fingerprint density at radius 2 is 2.06 bits per heavy atom. The van der Waals surface area contributed by atoms with Gasteiger partial charge in [-0.25, -0.2) is 0 Å². The van der Waals surface area contributed by atoms with Crippen molar-refractivity contribution in [3.8, 4) is 0 Å². The molecular formula is C14H20O2. The highest BCUT2D eigenvalue weighted by molar-refractivity contribution is 5.13. The average Bonchev–Trinajstić information content (AvgIpc) is 2.32. The summed E-state index contributed by atoms with van der Waals surface area (Å²) in [7, 11) is 0. The van der Waals surface area contributed by atoms with E-state index in [0.29, 0.717) is 13.2 Å². The van der Waals surface area contributed by atoms with E-state index in [4.69, 9.17) is 4.74 Å². The number of aliphatic hydroxyl groups excluding tert-OH is 1. The van der Waals surface area contributed by atoms with Crippen molar-refractivity contribution in [1.29, 1.82) is 0 Å². The molecule has 0 aromatic heterocycles. The summed E-state index contributed by atoms with van der Waals surface area (Å²) < 4.78 is 5.47. The van der Waals surface area contributed by atoms with E-state index in [9.17, 15) is 5.11 Å². The van der Waals surface area contributed by atoms with Gasteiger partial charge in [0.2, 0.25) is 0 Å². The van der Waals surface area contributed by atoms with Crippen molar-refractivity contribution in [2.24, 2.45) is 5.92 Å². The third-order valence-electron chi connectivity index (χ3n) is 2.67. The van der Waals surface area contributed by atoms with E-state index in [1.807, 2.05) is 37.3 Å². The Hall–Kier alpha value is -1.12. The zero-order valence-corrected chi connectivity index (χ0v) is 9.80. The second-order valence-electron chi connectivity index (χ2n) is 3.88. The maximum atomic E-state index is 9.79. The Labute approximate surface area is 97.6 Å². The summed E-state index contributed by atoms with van der Waals surface area (Å²) in [5, 5.41) is 9.79. The molecule has 0 fully saturated rings. The van der Waals surface area contributed by atoms with Crippen LogP contribution in [0, 0.1) is 5.92 Å². The molecule has 0 spiro atoms. The molecule has 2 atom stereocenters. The molecule has 0 aliphatic rings. The van der Waals surface area contributed by atoms with E-state index >= 15 is 0 Å². The minimum atomic E-state index is -0.453. The summed E-state index contributed by atoms with van der Waals surface area (Å²) >= 11 is 0. The molecule has 1 N–H and O–H groups in total. The van der Waals surface area contributed by atoms with Crippen LogP contribution in [0.1, 0.15) is 18.9 Å². The van der Waals surface area contributed by atoms with Crippen molar-refractivity contribution in [3.05, 3.63) is 48.6 Å². The molecule has 0 aliphatic heterocycles. The molecule has 1 rings (SSSR count). The quantitative estimate of drug-likeness (QED) is 0.716. The standard InChI is InChI=1S/C14H20O2/c1-3-13(4-2)14(15)11-16-10-12-8-6-5-7-9-12/h3,5-9,13-15H,1,4,10-11H2,2H3/t13-,14+/m0/s1. The zero-order valence-electron chi connectivity index (χ0n) is 9.80. The molecular weight excluding hydrogens is 200 g/mol. The second-order valence-corrected chi connectivity index (χ2v) is 3.88. The molecule has 2 heteroatoms. The van der Waals surface area contributed by atoms with Gasteiger partial charge in [-0.15, -0.1) is 6.58 Å². The summed E-state index contributed by atoms with van der Waals surface area (Å²) in [5.74, 6) is 0.121. The van der Waals surface area contributed by atoms with Crippen LogP contribution >= 0.6 is 0 Å². The monoisotopic (exact) mass is 220 g/mol. The van der Waals surface area contributed by atoms with Gasteiger partial charge in [-0.1, -0.05) is 43.3 Å². The lowest BCUT2D eigenvalue weighted by Gasteiger charge is -2.17. The van der Waals surface area contributed by atoms with Crippen molar-refractivity contribution in [1.82, 2.24) is 0 Å². The van der Waals surface area contributed by atoms with Gasteiger partial charge in [0.25, 0.3) is 0 Å². The number of benzene rings is 1. The van der Waals surface area contributed by atoms with Gasteiger partial charge in [0.1, 0.15) is 0 Å². The van der Waals surface area contributed by atoms with Crippen LogP contribution in [-0.2, 0) is 11.3 Å². The lowest BCUT2D eigenvalue weighted by molar-refractivity contribution is 0.00766. The van der Waals surface area contributed by atoms with Gasteiger partial charge in [-0.05, 0) is 12.0 Å². The Morgan fingerprint density at radius 1 is 1.38 bits per heavy atom. The first-order valence-electron chi connectivity index (χ1n) is 5.70. The van der Waals surface area contributed by atoms with Crippen LogP contribution in [0.3, 0.4) is 0 Å². The normalized spacial score (nSPS) is 14.4. The van der Waals surface area contributed by atoms with E-state index in [-0.39, 0.29) is 5.92 Å². The van der Waals surface area contributed by atoms with Crippen LogP contribution in [-0.4, -0.2) is 17.8 Å². The number of hydrogen-bond acceptors (Lipinski definition) is 2. The highest BCUT2D eigenvalue weighted by atomic mass is 16.5. The molecule has 0 saturated carbocycles. The van der Waals surface area contributed by atoms with Crippen molar-refractivity contribution in [2.75, 3.05) is 6.61 Å². The fourth-order valence-corrected chi connectivity index (χ4v) is 1.59. The highest BCUT2D eigenvalue weighted by Gasteiger charge is 2.13. The fourth-order valence-electron chi connectivity index (χ4n) is 1.59. The first-order chi connectivity index (χ1) is 7.77. The lowest BCUT2D eigenvalue weighted by atomic mass is 10.0. The van der Waals surface area contributed by atoms with E-state index < -0.39 is 6.10 Å². The van der Waals surface area contributed by atoms with Crippen LogP contribution in [0.5, 0.6) is 0 Å². The molecule has 1 aromatic rings. The van der Waals surface area contributed by atoms with Gasteiger partial charge < -0.3 is 9.84 Å². The van der Waals surface area contributed by atoms with Gasteiger partial charge >= 0.3 is 0 Å². The van der Waals surface area contributed by atoms with E-state index in [0.717, 1.165) is 12.0 Å². The van der Waals surface area contributed by atoms with Crippen molar-refractivity contribution in [2.45, 2.75) is 26.1 Å². The Balaban J connectivity index is 2.27.